The zero-order valence-corrected chi connectivity index (χ0v) is 18.1. The van der Waals surface area contributed by atoms with Gasteiger partial charge in [0.15, 0.2) is 6.10 Å². The number of benzene rings is 2. The van der Waals surface area contributed by atoms with E-state index in [9.17, 15) is 18.0 Å². The Labute approximate surface area is 176 Å². The number of hydrogen-bond acceptors (Lipinski definition) is 6. The maximum absolute atomic E-state index is 13.0. The van der Waals surface area contributed by atoms with Crippen molar-refractivity contribution in [3.05, 3.63) is 59.2 Å². The fraction of sp³-hybridized carbons (Fsp3) is 0.364. The molecule has 30 heavy (non-hydrogen) atoms. The summed E-state index contributed by atoms with van der Waals surface area (Å²) in [5.41, 5.74) is 1.49. The molecule has 1 aliphatic heterocycles. The number of ketones is 1. The molecular weight excluding hydrogens is 406 g/mol. The molecule has 1 fully saturated rings. The van der Waals surface area contributed by atoms with Crippen molar-refractivity contribution in [1.82, 2.24) is 4.31 Å². The Morgan fingerprint density at radius 3 is 2.20 bits per heavy atom. The third-order valence-electron chi connectivity index (χ3n) is 5.07. The lowest BCUT2D eigenvalue weighted by Gasteiger charge is -2.18. The highest BCUT2D eigenvalue weighted by Gasteiger charge is 2.31. The van der Waals surface area contributed by atoms with Crippen LogP contribution in [0.1, 0.15) is 46.0 Å². The summed E-state index contributed by atoms with van der Waals surface area (Å²) in [7, 11) is -2.42. The summed E-state index contributed by atoms with van der Waals surface area (Å²) in [6.07, 6.45) is 0.574. The average molecular weight is 432 g/mol. The van der Waals surface area contributed by atoms with Crippen molar-refractivity contribution in [1.29, 1.82) is 0 Å². The van der Waals surface area contributed by atoms with Crippen LogP contribution in [0, 0.1) is 6.92 Å². The molecule has 2 aromatic rings. The first-order valence-corrected chi connectivity index (χ1v) is 11.2. The molecule has 3 rings (SSSR count). The molecule has 160 valence electrons. The second kappa shape index (κ2) is 8.97. The summed E-state index contributed by atoms with van der Waals surface area (Å²) >= 11 is 0. The molecule has 0 amide bonds. The van der Waals surface area contributed by atoms with Crippen LogP contribution in [0.5, 0.6) is 5.75 Å². The normalized spacial score (nSPS) is 15.6. The number of esters is 1. The first-order valence-electron chi connectivity index (χ1n) is 9.74. The van der Waals surface area contributed by atoms with E-state index in [1.807, 2.05) is 6.92 Å². The van der Waals surface area contributed by atoms with Crippen LogP contribution in [0.4, 0.5) is 0 Å². The van der Waals surface area contributed by atoms with E-state index < -0.39 is 22.1 Å². The number of Topliss-reactive ketones (excluding diaryl/α,β-unsaturated/α-hetero) is 1. The molecule has 1 atom stereocenters. The molecule has 0 unspecified atom stereocenters. The molecule has 0 spiro atoms. The molecule has 0 radical (unpaired) electrons. The van der Waals surface area contributed by atoms with Crippen LogP contribution in [-0.4, -0.2) is 50.8 Å². The number of carbonyl (C=O) groups excluding carboxylic acids is 2. The minimum atomic E-state index is -3.80. The van der Waals surface area contributed by atoms with Gasteiger partial charge in [0.05, 0.1) is 12.7 Å². The number of rotatable bonds is 7. The van der Waals surface area contributed by atoms with Crippen LogP contribution < -0.4 is 4.74 Å². The SMILES string of the molecule is COc1ccc(C(=O)O[C@H](C)C(=O)c2ccc(C)cc2)cc1S(=O)(=O)N1CCCC1. The lowest BCUT2D eigenvalue weighted by molar-refractivity contribution is 0.0318. The first kappa shape index (κ1) is 22.0. The topological polar surface area (TPSA) is 90.0 Å². The Hall–Kier alpha value is -2.71. The highest BCUT2D eigenvalue weighted by Crippen LogP contribution is 2.30. The van der Waals surface area contributed by atoms with Crippen molar-refractivity contribution >= 4 is 21.8 Å². The van der Waals surface area contributed by atoms with E-state index in [4.69, 9.17) is 9.47 Å². The van der Waals surface area contributed by atoms with Gasteiger partial charge in [-0.1, -0.05) is 29.8 Å². The van der Waals surface area contributed by atoms with E-state index in [0.29, 0.717) is 18.7 Å². The van der Waals surface area contributed by atoms with E-state index in [-0.39, 0.29) is 22.0 Å². The van der Waals surface area contributed by atoms with Crippen molar-refractivity contribution in [2.45, 2.75) is 37.7 Å². The molecule has 7 nitrogen and oxygen atoms in total. The van der Waals surface area contributed by atoms with Crippen LogP contribution in [0.25, 0.3) is 0 Å². The largest absolute Gasteiger partial charge is 0.495 e. The van der Waals surface area contributed by atoms with E-state index in [1.165, 1.54) is 36.5 Å². The number of aryl methyl sites for hydroxylation is 1. The van der Waals surface area contributed by atoms with E-state index in [2.05, 4.69) is 0 Å². The maximum Gasteiger partial charge on any atom is 0.338 e. The van der Waals surface area contributed by atoms with Gasteiger partial charge < -0.3 is 9.47 Å². The van der Waals surface area contributed by atoms with Gasteiger partial charge in [-0.3, -0.25) is 4.79 Å². The number of nitrogens with zero attached hydrogens (tertiary/aromatic N) is 1. The van der Waals surface area contributed by atoms with Gasteiger partial charge in [0, 0.05) is 18.7 Å². The summed E-state index contributed by atoms with van der Waals surface area (Å²) in [5, 5.41) is 0. The molecule has 1 heterocycles. The number of sulfonamides is 1. The molecule has 8 heteroatoms. The number of ether oxygens (including phenoxy) is 2. The molecule has 0 N–H and O–H groups in total. The van der Waals surface area contributed by atoms with Crippen LogP contribution in [0.3, 0.4) is 0 Å². The molecule has 2 aromatic carbocycles. The van der Waals surface area contributed by atoms with Gasteiger partial charge in [-0.2, -0.15) is 4.31 Å². The second-order valence-electron chi connectivity index (χ2n) is 7.25. The number of hydrogen-bond donors (Lipinski definition) is 0. The standard InChI is InChI=1S/C22H25NO6S/c1-15-6-8-17(9-7-15)21(24)16(2)29-22(25)18-10-11-19(28-3)20(14-18)30(26,27)23-12-4-5-13-23/h6-11,14,16H,4-5,12-13H2,1-3H3/t16-/m1/s1. The number of methoxy groups -OCH3 is 1. The molecule has 0 aromatic heterocycles. The molecular formula is C22H25NO6S. The zero-order chi connectivity index (χ0) is 21.9. The molecule has 1 aliphatic rings. The third-order valence-corrected chi connectivity index (χ3v) is 6.99. The van der Waals surface area contributed by atoms with Crippen LogP contribution in [-0.2, 0) is 14.8 Å². The molecule has 0 bridgehead atoms. The summed E-state index contributed by atoms with van der Waals surface area (Å²) < 4.78 is 37.8. The van der Waals surface area contributed by atoms with Crippen LogP contribution in [0.2, 0.25) is 0 Å². The lowest BCUT2D eigenvalue weighted by Crippen LogP contribution is -2.28. The van der Waals surface area contributed by atoms with Gasteiger partial charge in [-0.15, -0.1) is 0 Å². The fourth-order valence-electron chi connectivity index (χ4n) is 3.31. The van der Waals surface area contributed by atoms with Crippen LogP contribution in [0.15, 0.2) is 47.4 Å². The van der Waals surface area contributed by atoms with E-state index >= 15 is 0 Å². The average Bonchev–Trinajstić information content (AvgIpc) is 3.29. The summed E-state index contributed by atoms with van der Waals surface area (Å²) in [6, 6.07) is 11.1. The maximum atomic E-state index is 13.0. The van der Waals surface area contributed by atoms with Gasteiger partial charge in [-0.05, 0) is 44.9 Å². The molecule has 0 saturated carbocycles. The highest BCUT2D eigenvalue weighted by atomic mass is 32.2. The fourth-order valence-corrected chi connectivity index (χ4v) is 5.01. The Morgan fingerprint density at radius 1 is 1.00 bits per heavy atom. The summed E-state index contributed by atoms with van der Waals surface area (Å²) in [5.74, 6) is -0.951. The lowest BCUT2D eigenvalue weighted by atomic mass is 10.1. The Kier molecular flexibility index (Phi) is 6.58. The molecule has 1 saturated heterocycles. The Bertz CT molecular complexity index is 1040. The smallest absolute Gasteiger partial charge is 0.338 e. The second-order valence-corrected chi connectivity index (χ2v) is 9.16. The predicted molar refractivity (Wildman–Crippen MR) is 111 cm³/mol. The van der Waals surface area contributed by atoms with Gasteiger partial charge in [0.2, 0.25) is 15.8 Å². The molecule has 0 aliphatic carbocycles. The monoisotopic (exact) mass is 431 g/mol. The predicted octanol–water partition coefficient (Wildman–Crippen LogP) is 3.22. The van der Waals surface area contributed by atoms with Crippen molar-refractivity contribution in [3.63, 3.8) is 0 Å². The third kappa shape index (κ3) is 4.55. The van der Waals surface area contributed by atoms with Crippen molar-refractivity contribution in [3.8, 4) is 5.75 Å². The van der Waals surface area contributed by atoms with Gasteiger partial charge >= 0.3 is 5.97 Å². The first-order chi connectivity index (χ1) is 14.2. The quantitative estimate of drug-likeness (QED) is 0.494. The van der Waals surface area contributed by atoms with Gasteiger partial charge in [0.1, 0.15) is 10.6 Å². The van der Waals surface area contributed by atoms with Gasteiger partial charge in [-0.25, -0.2) is 13.2 Å². The van der Waals surface area contributed by atoms with Crippen LogP contribution >= 0.6 is 0 Å². The zero-order valence-electron chi connectivity index (χ0n) is 17.3. The van der Waals surface area contributed by atoms with E-state index in [0.717, 1.165) is 18.4 Å². The highest BCUT2D eigenvalue weighted by molar-refractivity contribution is 7.89. The Balaban J connectivity index is 1.82. The van der Waals surface area contributed by atoms with Gasteiger partial charge in [0.25, 0.3) is 0 Å². The van der Waals surface area contributed by atoms with Crippen molar-refractivity contribution in [2.75, 3.05) is 20.2 Å². The van der Waals surface area contributed by atoms with Crippen molar-refractivity contribution in [2.24, 2.45) is 0 Å². The van der Waals surface area contributed by atoms with E-state index in [1.54, 1.807) is 24.3 Å². The van der Waals surface area contributed by atoms with Crippen molar-refractivity contribution < 1.29 is 27.5 Å². The number of carbonyl (C=O) groups is 2. The minimum absolute atomic E-state index is 0.0390. The minimum Gasteiger partial charge on any atom is -0.495 e. The Morgan fingerprint density at radius 2 is 1.60 bits per heavy atom. The summed E-state index contributed by atoms with van der Waals surface area (Å²) in [4.78, 5) is 25.1. The summed E-state index contributed by atoms with van der Waals surface area (Å²) in [6.45, 7) is 4.27.